The largest absolute Gasteiger partial charge is 0.419 e. The van der Waals surface area contributed by atoms with Gasteiger partial charge in [0, 0.05) is 18.8 Å². The van der Waals surface area contributed by atoms with Crippen LogP contribution in [0.4, 0.5) is 23.2 Å². The van der Waals surface area contributed by atoms with E-state index in [1.54, 1.807) is 11.8 Å². The van der Waals surface area contributed by atoms with Crippen molar-refractivity contribution in [1.82, 2.24) is 19.9 Å². The summed E-state index contributed by atoms with van der Waals surface area (Å²) < 4.78 is 52.5. The van der Waals surface area contributed by atoms with E-state index < -0.39 is 23.5 Å². The summed E-state index contributed by atoms with van der Waals surface area (Å²) in [5.41, 5.74) is 3.38. The number of amides is 2. The van der Waals surface area contributed by atoms with Gasteiger partial charge in [-0.2, -0.15) is 23.1 Å². The number of halogens is 4. The van der Waals surface area contributed by atoms with Crippen molar-refractivity contribution in [3.8, 4) is 5.69 Å². The summed E-state index contributed by atoms with van der Waals surface area (Å²) in [4.78, 5) is 29.3. The fourth-order valence-corrected chi connectivity index (χ4v) is 4.79. The second-order valence-electron chi connectivity index (χ2n) is 9.67. The van der Waals surface area contributed by atoms with Crippen molar-refractivity contribution in [1.29, 1.82) is 0 Å². The van der Waals surface area contributed by atoms with E-state index in [1.807, 2.05) is 49.4 Å². The molecule has 1 aliphatic rings. The third-order valence-corrected chi connectivity index (χ3v) is 6.84. The van der Waals surface area contributed by atoms with E-state index in [-0.39, 0.29) is 23.6 Å². The molecule has 0 aliphatic carbocycles. The van der Waals surface area contributed by atoms with Crippen LogP contribution in [0, 0.1) is 19.7 Å². The molecular formula is C29H25F4N5O2. The number of para-hydroxylation sites is 1. The molecule has 2 amide bonds. The molecule has 0 spiro atoms. The van der Waals surface area contributed by atoms with E-state index in [4.69, 9.17) is 0 Å². The molecule has 0 radical (unpaired) electrons. The van der Waals surface area contributed by atoms with Crippen LogP contribution in [0.1, 0.15) is 44.0 Å². The molecule has 0 saturated heterocycles. The van der Waals surface area contributed by atoms with Crippen LogP contribution in [-0.4, -0.2) is 38.3 Å². The highest BCUT2D eigenvalue weighted by molar-refractivity contribution is 5.95. The van der Waals surface area contributed by atoms with Gasteiger partial charge >= 0.3 is 6.18 Å². The van der Waals surface area contributed by atoms with Gasteiger partial charge in [-0.1, -0.05) is 36.4 Å². The van der Waals surface area contributed by atoms with Crippen molar-refractivity contribution < 1.29 is 27.2 Å². The van der Waals surface area contributed by atoms with Gasteiger partial charge in [-0.05, 0) is 66.8 Å². The monoisotopic (exact) mass is 551 g/mol. The maximum absolute atomic E-state index is 14.0. The van der Waals surface area contributed by atoms with Gasteiger partial charge in [0.2, 0.25) is 5.91 Å². The fourth-order valence-electron chi connectivity index (χ4n) is 4.79. The van der Waals surface area contributed by atoms with E-state index in [1.165, 1.54) is 4.80 Å². The SMILES string of the molecule is Cc1ccc2c(c1NC(=O)Cc1ccc(C(F)(F)F)c(F)c1)CCN(C(=O)c1nn(-c3ccccc3)nc1C)C2. The van der Waals surface area contributed by atoms with E-state index in [0.29, 0.717) is 37.0 Å². The molecule has 4 aromatic rings. The standard InChI is InChI=1S/C29H25F4N5O2/c1-17-8-10-20-16-37(28(40)27-18(2)35-38(36-27)21-6-4-3-5-7-21)13-12-22(20)26(17)34-25(39)15-19-9-11-23(24(30)14-19)29(31,32)33/h3-11,14H,12-13,15-16H2,1-2H3,(H,34,39). The number of anilines is 1. The Hall–Kier alpha value is -4.54. The van der Waals surface area contributed by atoms with Crippen molar-refractivity contribution in [2.75, 3.05) is 11.9 Å². The molecule has 40 heavy (non-hydrogen) atoms. The number of nitrogens with one attached hydrogen (secondary N) is 1. The highest BCUT2D eigenvalue weighted by Crippen LogP contribution is 2.32. The first-order valence-corrected chi connectivity index (χ1v) is 12.6. The highest BCUT2D eigenvalue weighted by Gasteiger charge is 2.34. The Labute approximate surface area is 227 Å². The lowest BCUT2D eigenvalue weighted by atomic mass is 9.94. The number of carbonyl (C=O) groups excluding carboxylic acids is 2. The number of nitrogens with zero attached hydrogens (tertiary/aromatic N) is 4. The Morgan fingerprint density at radius 3 is 2.45 bits per heavy atom. The molecule has 11 heteroatoms. The van der Waals surface area contributed by atoms with Crippen molar-refractivity contribution >= 4 is 17.5 Å². The Morgan fingerprint density at radius 1 is 1.00 bits per heavy atom. The second-order valence-corrected chi connectivity index (χ2v) is 9.67. The van der Waals surface area contributed by atoms with E-state index in [9.17, 15) is 27.2 Å². The Balaban J connectivity index is 1.31. The minimum atomic E-state index is -4.81. The predicted octanol–water partition coefficient (Wildman–Crippen LogP) is 5.42. The summed E-state index contributed by atoms with van der Waals surface area (Å²) in [5, 5.41) is 11.6. The van der Waals surface area contributed by atoms with Gasteiger partial charge in [0.1, 0.15) is 5.82 Å². The molecule has 0 atom stereocenters. The predicted molar refractivity (Wildman–Crippen MR) is 139 cm³/mol. The van der Waals surface area contributed by atoms with Gasteiger partial charge < -0.3 is 10.2 Å². The van der Waals surface area contributed by atoms with Crippen LogP contribution in [0.25, 0.3) is 5.69 Å². The third-order valence-electron chi connectivity index (χ3n) is 6.84. The molecule has 0 bridgehead atoms. The van der Waals surface area contributed by atoms with Crippen LogP contribution in [-0.2, 0) is 30.4 Å². The number of fused-ring (bicyclic) bond motifs is 1. The number of aromatic nitrogens is 3. The van der Waals surface area contributed by atoms with Gasteiger partial charge in [-0.15, -0.1) is 5.10 Å². The van der Waals surface area contributed by atoms with Gasteiger partial charge in [0.25, 0.3) is 5.91 Å². The smallest absolute Gasteiger partial charge is 0.333 e. The van der Waals surface area contributed by atoms with E-state index in [2.05, 4.69) is 15.5 Å². The molecule has 3 aromatic carbocycles. The molecule has 1 aromatic heterocycles. The Bertz CT molecular complexity index is 1600. The minimum Gasteiger partial charge on any atom is -0.333 e. The molecule has 2 heterocycles. The van der Waals surface area contributed by atoms with Crippen LogP contribution in [0.5, 0.6) is 0 Å². The first-order chi connectivity index (χ1) is 19.0. The van der Waals surface area contributed by atoms with Gasteiger partial charge in [-0.3, -0.25) is 9.59 Å². The molecule has 206 valence electrons. The van der Waals surface area contributed by atoms with Crippen molar-refractivity contribution in [3.05, 3.63) is 106 Å². The maximum Gasteiger partial charge on any atom is 0.419 e. The lowest BCUT2D eigenvalue weighted by Gasteiger charge is -2.30. The minimum absolute atomic E-state index is 0.126. The van der Waals surface area contributed by atoms with Gasteiger partial charge in [-0.25, -0.2) is 4.39 Å². The molecule has 1 N–H and O–H groups in total. The van der Waals surface area contributed by atoms with Crippen LogP contribution >= 0.6 is 0 Å². The number of benzene rings is 3. The topological polar surface area (TPSA) is 80.1 Å². The number of aryl methyl sites for hydroxylation is 2. The summed E-state index contributed by atoms with van der Waals surface area (Å²) in [6.07, 6.45) is -4.63. The Kier molecular flexibility index (Phi) is 7.14. The second kappa shape index (κ2) is 10.6. The molecule has 0 unspecified atom stereocenters. The zero-order chi connectivity index (χ0) is 28.6. The number of rotatable bonds is 5. The fraction of sp³-hybridized carbons (Fsp3) is 0.241. The lowest BCUT2D eigenvalue weighted by molar-refractivity contribution is -0.140. The number of hydrogen-bond acceptors (Lipinski definition) is 4. The number of alkyl halides is 3. The zero-order valence-electron chi connectivity index (χ0n) is 21.7. The first-order valence-electron chi connectivity index (χ1n) is 12.6. The molecule has 0 fully saturated rings. The van der Waals surface area contributed by atoms with Gasteiger partial charge in [0.15, 0.2) is 5.69 Å². The summed E-state index contributed by atoms with van der Waals surface area (Å²) in [7, 11) is 0. The van der Waals surface area contributed by atoms with Crippen LogP contribution in [0.15, 0.2) is 60.7 Å². The average Bonchev–Trinajstić information content (AvgIpc) is 3.31. The summed E-state index contributed by atoms with van der Waals surface area (Å²) >= 11 is 0. The number of carbonyl (C=O) groups is 2. The average molecular weight is 552 g/mol. The van der Waals surface area contributed by atoms with Crippen molar-refractivity contribution in [2.45, 2.75) is 39.4 Å². The molecule has 7 nitrogen and oxygen atoms in total. The summed E-state index contributed by atoms with van der Waals surface area (Å²) in [6, 6.07) is 15.5. The third kappa shape index (κ3) is 5.45. The quantitative estimate of drug-likeness (QED) is 0.336. The highest BCUT2D eigenvalue weighted by atomic mass is 19.4. The maximum atomic E-state index is 14.0. The van der Waals surface area contributed by atoms with E-state index >= 15 is 0 Å². The number of hydrogen-bond donors (Lipinski definition) is 1. The first kappa shape index (κ1) is 27.0. The van der Waals surface area contributed by atoms with Crippen LogP contribution in [0.3, 0.4) is 0 Å². The summed E-state index contributed by atoms with van der Waals surface area (Å²) in [6.45, 7) is 4.26. The van der Waals surface area contributed by atoms with Gasteiger partial charge in [0.05, 0.1) is 23.4 Å². The zero-order valence-corrected chi connectivity index (χ0v) is 21.7. The van der Waals surface area contributed by atoms with Crippen molar-refractivity contribution in [3.63, 3.8) is 0 Å². The van der Waals surface area contributed by atoms with Crippen LogP contribution in [0.2, 0.25) is 0 Å². The Morgan fingerprint density at radius 2 is 1.75 bits per heavy atom. The molecule has 0 saturated carbocycles. The van der Waals surface area contributed by atoms with Crippen molar-refractivity contribution in [2.24, 2.45) is 0 Å². The lowest BCUT2D eigenvalue weighted by Crippen LogP contribution is -2.37. The van der Waals surface area contributed by atoms with Crippen LogP contribution < -0.4 is 5.32 Å². The molecule has 5 rings (SSSR count). The van der Waals surface area contributed by atoms with E-state index in [0.717, 1.165) is 34.5 Å². The summed E-state index contributed by atoms with van der Waals surface area (Å²) in [5.74, 6) is -2.15. The molecule has 1 aliphatic heterocycles. The normalized spacial score (nSPS) is 13.2. The molecular weight excluding hydrogens is 526 g/mol.